The lowest BCUT2D eigenvalue weighted by Crippen LogP contribution is -2.29. The predicted octanol–water partition coefficient (Wildman–Crippen LogP) is 1.43. The molecule has 2 heterocycles. The minimum absolute atomic E-state index is 0.00184. The molecule has 1 aliphatic rings. The summed E-state index contributed by atoms with van der Waals surface area (Å²) in [5, 5.41) is 3.36. The molecule has 112 valence electrons. The molecule has 0 aromatic carbocycles. The molecule has 1 amide bonds. The number of pyridine rings is 1. The Bertz CT molecular complexity index is 665. The monoisotopic (exact) mass is 307 g/mol. The molecule has 0 saturated heterocycles. The van der Waals surface area contributed by atoms with E-state index in [0.29, 0.717) is 37.0 Å². The molecule has 7 heteroatoms. The number of nitrogens with two attached hydrogens (primary N) is 1. The van der Waals surface area contributed by atoms with Crippen molar-refractivity contribution < 1.29 is 4.79 Å². The van der Waals surface area contributed by atoms with Gasteiger partial charge in [-0.2, -0.15) is 0 Å². The van der Waals surface area contributed by atoms with E-state index in [1.54, 1.807) is 6.20 Å². The summed E-state index contributed by atoms with van der Waals surface area (Å²) in [6.07, 6.45) is 4.32. The molecule has 1 saturated carbocycles. The first-order valence-electron chi connectivity index (χ1n) is 7.17. The molecule has 3 rings (SSSR count). The zero-order chi connectivity index (χ0) is 14.8. The number of aryl methyl sites for hydroxylation is 1. The fourth-order valence-electron chi connectivity index (χ4n) is 2.39. The van der Waals surface area contributed by atoms with E-state index in [4.69, 9.17) is 17.3 Å². The number of amides is 1. The van der Waals surface area contributed by atoms with E-state index in [9.17, 15) is 4.79 Å². The van der Waals surface area contributed by atoms with Gasteiger partial charge in [-0.05, 0) is 18.9 Å². The number of nitrogens with one attached hydrogen (secondary N) is 1. The fourth-order valence-corrected chi connectivity index (χ4v) is 2.54. The first-order chi connectivity index (χ1) is 10.2. The molecular weight excluding hydrogens is 290 g/mol. The Kier molecular flexibility index (Phi) is 4.07. The highest BCUT2D eigenvalue weighted by molar-refractivity contribution is 6.31. The summed E-state index contributed by atoms with van der Waals surface area (Å²) >= 11 is 5.97. The minimum Gasteiger partial charge on any atom is -0.355 e. The van der Waals surface area contributed by atoms with Crippen LogP contribution in [0, 0.1) is 0 Å². The van der Waals surface area contributed by atoms with Crippen molar-refractivity contribution in [2.75, 3.05) is 13.1 Å². The third-order valence-corrected chi connectivity index (χ3v) is 3.76. The Morgan fingerprint density at radius 3 is 3.05 bits per heavy atom. The smallest absolute Gasteiger partial charge is 0.221 e. The van der Waals surface area contributed by atoms with Crippen molar-refractivity contribution in [2.45, 2.75) is 31.7 Å². The summed E-state index contributed by atoms with van der Waals surface area (Å²) in [5.74, 6) is 1.51. The molecule has 0 unspecified atom stereocenters. The van der Waals surface area contributed by atoms with Gasteiger partial charge in [-0.15, -0.1) is 0 Å². The van der Waals surface area contributed by atoms with Crippen LogP contribution in [0.1, 0.15) is 31.0 Å². The van der Waals surface area contributed by atoms with Crippen molar-refractivity contribution in [3.05, 3.63) is 23.1 Å². The molecule has 1 fully saturated rings. The van der Waals surface area contributed by atoms with Crippen molar-refractivity contribution in [3.63, 3.8) is 0 Å². The molecular formula is C14H18ClN5O. The van der Waals surface area contributed by atoms with E-state index in [2.05, 4.69) is 15.3 Å². The number of nitrogens with zero attached hydrogens (tertiary/aromatic N) is 3. The van der Waals surface area contributed by atoms with Crippen molar-refractivity contribution in [1.82, 2.24) is 19.9 Å². The van der Waals surface area contributed by atoms with Gasteiger partial charge in [0.1, 0.15) is 11.3 Å². The molecule has 21 heavy (non-hydrogen) atoms. The summed E-state index contributed by atoms with van der Waals surface area (Å²) in [6.45, 7) is 1.54. The second-order valence-electron chi connectivity index (χ2n) is 5.28. The van der Waals surface area contributed by atoms with Gasteiger partial charge in [0.25, 0.3) is 0 Å². The number of imidazole rings is 1. The van der Waals surface area contributed by atoms with E-state index < -0.39 is 0 Å². The van der Waals surface area contributed by atoms with Crippen molar-refractivity contribution in [3.8, 4) is 0 Å². The Balaban J connectivity index is 1.82. The number of hydrogen-bond donors (Lipinski definition) is 2. The van der Waals surface area contributed by atoms with Gasteiger partial charge in [-0.3, -0.25) is 4.79 Å². The summed E-state index contributed by atoms with van der Waals surface area (Å²) < 4.78 is 2.05. The maximum absolute atomic E-state index is 11.7. The van der Waals surface area contributed by atoms with Gasteiger partial charge < -0.3 is 15.6 Å². The predicted molar refractivity (Wildman–Crippen MR) is 81.2 cm³/mol. The van der Waals surface area contributed by atoms with E-state index in [1.165, 1.54) is 0 Å². The average Bonchev–Trinajstić information content (AvgIpc) is 3.25. The van der Waals surface area contributed by atoms with E-state index in [0.717, 1.165) is 29.8 Å². The molecule has 2 aromatic rings. The SMILES string of the molecule is NCCNC(=O)CCn1c(C2CC2)nc2cc(Cl)cnc21. The van der Waals surface area contributed by atoms with Gasteiger partial charge in [0, 0.05) is 38.2 Å². The zero-order valence-corrected chi connectivity index (χ0v) is 12.4. The number of carbonyl (C=O) groups is 1. The molecule has 3 N–H and O–H groups in total. The highest BCUT2D eigenvalue weighted by Crippen LogP contribution is 2.40. The quantitative estimate of drug-likeness (QED) is 0.845. The number of halogens is 1. The maximum Gasteiger partial charge on any atom is 0.221 e. The molecule has 0 spiro atoms. The molecule has 1 aliphatic carbocycles. The number of aromatic nitrogens is 3. The molecule has 2 aromatic heterocycles. The van der Waals surface area contributed by atoms with E-state index >= 15 is 0 Å². The van der Waals surface area contributed by atoms with Crippen LogP contribution < -0.4 is 11.1 Å². The third-order valence-electron chi connectivity index (χ3n) is 3.55. The molecule has 0 radical (unpaired) electrons. The van der Waals surface area contributed by atoms with Gasteiger partial charge >= 0.3 is 0 Å². The number of hydrogen-bond acceptors (Lipinski definition) is 4. The average molecular weight is 308 g/mol. The van der Waals surface area contributed by atoms with E-state index in [-0.39, 0.29) is 5.91 Å². The molecule has 0 atom stereocenters. The van der Waals surface area contributed by atoms with E-state index in [1.807, 2.05) is 10.6 Å². The van der Waals surface area contributed by atoms with Gasteiger partial charge in [0.15, 0.2) is 5.65 Å². The lowest BCUT2D eigenvalue weighted by atomic mass is 10.3. The zero-order valence-electron chi connectivity index (χ0n) is 11.7. The van der Waals surface area contributed by atoms with Gasteiger partial charge in [0.05, 0.1) is 5.02 Å². The number of carbonyl (C=O) groups excluding carboxylic acids is 1. The number of fused-ring (bicyclic) bond motifs is 1. The summed E-state index contributed by atoms with van der Waals surface area (Å²) in [6, 6.07) is 1.82. The van der Waals surface area contributed by atoms with Gasteiger partial charge in [-0.25, -0.2) is 9.97 Å². The van der Waals surface area contributed by atoms with Crippen LogP contribution >= 0.6 is 11.6 Å². The maximum atomic E-state index is 11.7. The topological polar surface area (TPSA) is 85.8 Å². The standard InChI is InChI=1S/C14H18ClN5O/c15-10-7-11-14(18-8-10)20(13(19-11)9-1-2-9)6-3-12(21)17-5-4-16/h7-9H,1-6,16H2,(H,17,21). The lowest BCUT2D eigenvalue weighted by molar-refractivity contribution is -0.121. The Morgan fingerprint density at radius 2 is 2.33 bits per heavy atom. The van der Waals surface area contributed by atoms with Crippen molar-refractivity contribution >= 4 is 28.7 Å². The second kappa shape index (κ2) is 5.99. The molecule has 0 bridgehead atoms. The summed E-state index contributed by atoms with van der Waals surface area (Å²) in [4.78, 5) is 20.8. The lowest BCUT2D eigenvalue weighted by Gasteiger charge is -2.08. The van der Waals surface area contributed by atoms with Crippen LogP contribution in [-0.4, -0.2) is 33.5 Å². The van der Waals surface area contributed by atoms with Crippen LogP contribution in [0.3, 0.4) is 0 Å². The van der Waals surface area contributed by atoms with Crippen LogP contribution in [0.5, 0.6) is 0 Å². The molecule has 6 nitrogen and oxygen atoms in total. The van der Waals surface area contributed by atoms with Crippen LogP contribution in [0.4, 0.5) is 0 Å². The minimum atomic E-state index is -0.00184. The van der Waals surface area contributed by atoms with Crippen molar-refractivity contribution in [2.24, 2.45) is 5.73 Å². The van der Waals surface area contributed by atoms with Crippen LogP contribution in [0.25, 0.3) is 11.2 Å². The Morgan fingerprint density at radius 1 is 1.52 bits per heavy atom. The highest BCUT2D eigenvalue weighted by Gasteiger charge is 2.30. The Hall–Kier alpha value is -1.66. The Labute approximate surface area is 127 Å². The van der Waals surface area contributed by atoms with Crippen molar-refractivity contribution in [1.29, 1.82) is 0 Å². The summed E-state index contributed by atoms with van der Waals surface area (Å²) in [5.41, 5.74) is 6.97. The number of rotatable bonds is 6. The van der Waals surface area contributed by atoms with Crippen LogP contribution in [0.2, 0.25) is 5.02 Å². The second-order valence-corrected chi connectivity index (χ2v) is 5.72. The first-order valence-corrected chi connectivity index (χ1v) is 7.55. The first kappa shape index (κ1) is 14.3. The van der Waals surface area contributed by atoms with Gasteiger partial charge in [0.2, 0.25) is 5.91 Å². The summed E-state index contributed by atoms with van der Waals surface area (Å²) in [7, 11) is 0. The third kappa shape index (κ3) is 3.16. The highest BCUT2D eigenvalue weighted by atomic mass is 35.5. The largest absolute Gasteiger partial charge is 0.355 e. The fraction of sp³-hybridized carbons (Fsp3) is 0.500. The van der Waals surface area contributed by atoms with Crippen LogP contribution in [-0.2, 0) is 11.3 Å². The van der Waals surface area contributed by atoms with Gasteiger partial charge in [-0.1, -0.05) is 11.6 Å². The molecule has 0 aliphatic heterocycles. The van der Waals surface area contributed by atoms with Crippen LogP contribution in [0.15, 0.2) is 12.3 Å². The normalized spacial score (nSPS) is 14.6.